The van der Waals surface area contributed by atoms with Crippen molar-refractivity contribution < 1.29 is 19.3 Å². The number of aliphatic hydroxyl groups excluding tert-OH is 1. The van der Waals surface area contributed by atoms with Gasteiger partial charge in [-0.05, 0) is 6.07 Å². The molecule has 1 atom stereocenters. The minimum atomic E-state index is -1.09. The summed E-state index contributed by atoms with van der Waals surface area (Å²) in [5.41, 5.74) is 6.58. The van der Waals surface area contributed by atoms with E-state index < -0.39 is 24.5 Å². The molecule has 22 heavy (non-hydrogen) atoms. The van der Waals surface area contributed by atoms with Gasteiger partial charge >= 0.3 is 0 Å². The first kappa shape index (κ1) is 15.7. The second-order valence-corrected chi connectivity index (χ2v) is 4.86. The first-order valence-corrected chi connectivity index (χ1v) is 6.84. The van der Waals surface area contributed by atoms with E-state index in [-0.39, 0.29) is 0 Å². The Morgan fingerprint density at radius 2 is 1.91 bits per heavy atom. The molecule has 1 aromatic carbocycles. The number of primary amides is 1. The number of nitrogens with two attached hydrogens (primary N) is 1. The lowest BCUT2D eigenvalue weighted by Crippen LogP contribution is -2.47. The molecule has 0 aliphatic carbocycles. The Morgan fingerprint density at radius 1 is 1.18 bits per heavy atom. The van der Waals surface area contributed by atoms with Crippen molar-refractivity contribution in [2.75, 3.05) is 6.61 Å². The zero-order chi connectivity index (χ0) is 15.9. The number of aliphatic hydroxyl groups is 1. The molecule has 2 rings (SSSR count). The van der Waals surface area contributed by atoms with Crippen LogP contribution in [-0.4, -0.2) is 29.6 Å². The van der Waals surface area contributed by atoms with Gasteiger partial charge in [0.05, 0.1) is 6.61 Å². The van der Waals surface area contributed by atoms with Gasteiger partial charge in [-0.25, -0.2) is 0 Å². The lowest BCUT2D eigenvalue weighted by atomic mass is 10.2. The predicted molar refractivity (Wildman–Crippen MR) is 79.7 cm³/mol. The quantitative estimate of drug-likeness (QED) is 0.633. The minimum Gasteiger partial charge on any atom is -0.394 e. The molecule has 0 bridgehead atoms. The van der Waals surface area contributed by atoms with Gasteiger partial charge in [0, 0.05) is 11.6 Å². The lowest BCUT2D eigenvalue weighted by molar-refractivity contribution is -0.688. The summed E-state index contributed by atoms with van der Waals surface area (Å²) in [5, 5.41) is 11.4. The van der Waals surface area contributed by atoms with E-state index >= 15 is 0 Å². The van der Waals surface area contributed by atoms with E-state index in [9.17, 15) is 9.59 Å². The molecular formula is C16H18N3O3+. The van der Waals surface area contributed by atoms with Crippen LogP contribution in [0.15, 0.2) is 54.9 Å². The third-order valence-corrected chi connectivity index (χ3v) is 3.16. The Hall–Kier alpha value is -2.73. The van der Waals surface area contributed by atoms with Crippen molar-refractivity contribution in [3.63, 3.8) is 0 Å². The molecule has 2 amide bonds. The summed E-state index contributed by atoms with van der Waals surface area (Å²) in [6.07, 6.45) is 3.53. The third kappa shape index (κ3) is 4.13. The maximum Gasteiger partial charge on any atom is 0.258 e. The first-order chi connectivity index (χ1) is 10.6. The SMILES string of the molecule is NC(=O)C(CO)NC(=O)c1ccc[n+](Cc2ccccc2)c1. The number of pyridine rings is 1. The highest BCUT2D eigenvalue weighted by Gasteiger charge is 2.19. The predicted octanol–water partition coefficient (Wildman–Crippen LogP) is -0.402. The molecule has 0 saturated carbocycles. The molecule has 4 N–H and O–H groups in total. The van der Waals surface area contributed by atoms with Gasteiger partial charge in [0.25, 0.3) is 5.91 Å². The summed E-state index contributed by atoms with van der Waals surface area (Å²) >= 11 is 0. The van der Waals surface area contributed by atoms with Gasteiger partial charge in [-0.15, -0.1) is 0 Å². The van der Waals surface area contributed by atoms with Crippen molar-refractivity contribution in [3.8, 4) is 0 Å². The summed E-state index contributed by atoms with van der Waals surface area (Å²) in [6.45, 7) is 0.0964. The monoisotopic (exact) mass is 300 g/mol. The molecule has 0 aliphatic rings. The van der Waals surface area contributed by atoms with Crippen molar-refractivity contribution in [3.05, 3.63) is 66.0 Å². The first-order valence-electron chi connectivity index (χ1n) is 6.84. The molecule has 0 radical (unpaired) electrons. The molecule has 1 aromatic heterocycles. The molecule has 2 aromatic rings. The average Bonchev–Trinajstić information content (AvgIpc) is 2.53. The van der Waals surface area contributed by atoms with Crippen LogP contribution in [0.25, 0.3) is 0 Å². The topological polar surface area (TPSA) is 96.3 Å². The van der Waals surface area contributed by atoms with Crippen molar-refractivity contribution in [2.45, 2.75) is 12.6 Å². The number of carbonyl (C=O) groups is 2. The van der Waals surface area contributed by atoms with Crippen molar-refractivity contribution >= 4 is 11.8 Å². The van der Waals surface area contributed by atoms with Crippen LogP contribution in [0, 0.1) is 0 Å². The lowest BCUT2D eigenvalue weighted by Gasteiger charge is -2.11. The summed E-state index contributed by atoms with van der Waals surface area (Å²) in [6, 6.07) is 12.1. The van der Waals surface area contributed by atoms with E-state index in [1.54, 1.807) is 18.3 Å². The largest absolute Gasteiger partial charge is 0.394 e. The number of aromatic nitrogens is 1. The number of amides is 2. The Bertz CT molecular complexity index is 659. The van der Waals surface area contributed by atoms with Gasteiger partial charge in [-0.2, -0.15) is 4.57 Å². The van der Waals surface area contributed by atoms with E-state index in [0.717, 1.165) is 5.56 Å². The molecule has 0 spiro atoms. The number of hydrogen-bond acceptors (Lipinski definition) is 3. The van der Waals surface area contributed by atoms with Gasteiger partial charge in [0.15, 0.2) is 18.9 Å². The van der Waals surface area contributed by atoms with E-state index in [1.807, 2.05) is 41.1 Å². The van der Waals surface area contributed by atoms with Crippen LogP contribution in [0.4, 0.5) is 0 Å². The van der Waals surface area contributed by atoms with Gasteiger partial charge < -0.3 is 16.2 Å². The number of hydrogen-bond donors (Lipinski definition) is 3. The van der Waals surface area contributed by atoms with Crippen LogP contribution in [0.3, 0.4) is 0 Å². The Labute approximate surface area is 128 Å². The smallest absolute Gasteiger partial charge is 0.258 e. The van der Waals surface area contributed by atoms with Crippen molar-refractivity contribution in [1.82, 2.24) is 5.32 Å². The summed E-state index contributed by atoms with van der Waals surface area (Å²) < 4.78 is 1.86. The highest BCUT2D eigenvalue weighted by molar-refractivity contribution is 5.96. The van der Waals surface area contributed by atoms with E-state index in [2.05, 4.69) is 5.32 Å². The van der Waals surface area contributed by atoms with Crippen molar-refractivity contribution in [1.29, 1.82) is 0 Å². The van der Waals surface area contributed by atoms with Gasteiger partial charge in [-0.3, -0.25) is 9.59 Å². The second-order valence-electron chi connectivity index (χ2n) is 4.86. The zero-order valence-electron chi connectivity index (χ0n) is 12.0. The summed E-state index contributed by atoms with van der Waals surface area (Å²) in [5.74, 6) is -1.23. The Balaban J connectivity index is 2.11. The number of rotatable bonds is 6. The van der Waals surface area contributed by atoms with Gasteiger partial charge in [-0.1, -0.05) is 30.3 Å². The number of carbonyl (C=O) groups excluding carboxylic acids is 2. The Kier molecular flexibility index (Phi) is 5.21. The Morgan fingerprint density at radius 3 is 2.55 bits per heavy atom. The summed E-state index contributed by atoms with van der Waals surface area (Å²) in [7, 11) is 0. The fourth-order valence-corrected chi connectivity index (χ4v) is 2.00. The van der Waals surface area contributed by atoms with Crippen LogP contribution < -0.4 is 15.6 Å². The maximum absolute atomic E-state index is 12.1. The van der Waals surface area contributed by atoms with Crippen LogP contribution in [-0.2, 0) is 11.3 Å². The van der Waals surface area contributed by atoms with Crippen LogP contribution in [0.1, 0.15) is 15.9 Å². The number of nitrogens with zero attached hydrogens (tertiary/aromatic N) is 1. The van der Waals surface area contributed by atoms with E-state index in [4.69, 9.17) is 10.8 Å². The van der Waals surface area contributed by atoms with Crippen LogP contribution in [0.5, 0.6) is 0 Å². The highest BCUT2D eigenvalue weighted by atomic mass is 16.3. The summed E-state index contributed by atoms with van der Waals surface area (Å²) in [4.78, 5) is 23.1. The maximum atomic E-state index is 12.1. The fraction of sp³-hybridized carbons (Fsp3) is 0.188. The highest BCUT2D eigenvalue weighted by Crippen LogP contribution is 2.00. The molecular weight excluding hydrogens is 282 g/mol. The molecule has 0 saturated heterocycles. The van der Waals surface area contributed by atoms with Crippen molar-refractivity contribution in [2.24, 2.45) is 5.73 Å². The van der Waals surface area contributed by atoms with E-state index in [1.165, 1.54) is 0 Å². The molecule has 1 unspecified atom stereocenters. The average molecular weight is 300 g/mol. The number of benzene rings is 1. The molecule has 0 aliphatic heterocycles. The molecule has 0 fully saturated rings. The molecule has 1 heterocycles. The second kappa shape index (κ2) is 7.33. The molecule has 6 nitrogen and oxygen atoms in total. The normalized spacial score (nSPS) is 11.7. The van der Waals surface area contributed by atoms with Crippen LogP contribution in [0.2, 0.25) is 0 Å². The third-order valence-electron chi connectivity index (χ3n) is 3.16. The molecule has 114 valence electrons. The van der Waals surface area contributed by atoms with Gasteiger partial charge in [0.2, 0.25) is 5.91 Å². The zero-order valence-corrected chi connectivity index (χ0v) is 12.0. The molecule has 6 heteroatoms. The fourth-order valence-electron chi connectivity index (χ4n) is 2.00. The standard InChI is InChI=1S/C16H17N3O3/c17-15(21)14(11-20)18-16(22)13-7-4-8-19(10-13)9-12-5-2-1-3-6-12/h1-8,10,14,20H,9,11H2,(H2-,17,18,21,22)/p+1. The minimum absolute atomic E-state index is 0.387. The number of nitrogens with one attached hydrogen (secondary N) is 1. The van der Waals surface area contributed by atoms with E-state index in [0.29, 0.717) is 12.1 Å². The van der Waals surface area contributed by atoms with Gasteiger partial charge in [0.1, 0.15) is 11.6 Å². The van der Waals surface area contributed by atoms with Crippen LogP contribution >= 0.6 is 0 Å².